The lowest BCUT2D eigenvalue weighted by Crippen LogP contribution is -2.19. The van der Waals surface area contributed by atoms with E-state index >= 15 is 0 Å². The third-order valence-corrected chi connectivity index (χ3v) is 3.90. The smallest absolute Gasteiger partial charge is 0.273 e. The van der Waals surface area contributed by atoms with Gasteiger partial charge in [-0.15, -0.1) is 0 Å². The summed E-state index contributed by atoms with van der Waals surface area (Å²) in [5.74, 6) is -0.0382. The number of nitrogens with zero attached hydrogens (tertiary/aromatic N) is 4. The topological polar surface area (TPSA) is 78.2 Å². The van der Waals surface area contributed by atoms with E-state index in [1.807, 2.05) is 13.8 Å². The number of halogens is 1. The Bertz CT molecular complexity index is 1020. The minimum Gasteiger partial charge on any atom is -0.384 e. The fourth-order valence-electron chi connectivity index (χ4n) is 2.63. The van der Waals surface area contributed by atoms with E-state index in [9.17, 15) is 9.18 Å². The Morgan fingerprint density at radius 2 is 1.84 bits per heavy atom. The summed E-state index contributed by atoms with van der Waals surface area (Å²) in [5.41, 5.74) is 9.44. The van der Waals surface area contributed by atoms with Gasteiger partial charge in [-0.25, -0.2) is 9.07 Å². The van der Waals surface area contributed by atoms with Crippen LogP contribution < -0.4 is 11.3 Å². The number of benzene rings is 1. The lowest BCUT2D eigenvalue weighted by atomic mass is 10.2. The van der Waals surface area contributed by atoms with Crippen LogP contribution in [0.25, 0.3) is 5.69 Å². The Labute approximate surface area is 144 Å². The number of pyridine rings is 1. The molecule has 2 aromatic heterocycles. The highest BCUT2D eigenvalue weighted by Gasteiger charge is 2.11. The van der Waals surface area contributed by atoms with Gasteiger partial charge in [0, 0.05) is 11.6 Å². The number of nitrogens with two attached hydrogens (primary N) is 1. The first kappa shape index (κ1) is 16.6. The van der Waals surface area contributed by atoms with E-state index in [1.54, 1.807) is 36.0 Å². The second-order valence-electron chi connectivity index (χ2n) is 5.82. The van der Waals surface area contributed by atoms with E-state index in [1.165, 1.54) is 18.2 Å². The second-order valence-corrected chi connectivity index (χ2v) is 5.82. The van der Waals surface area contributed by atoms with Crippen molar-refractivity contribution in [1.82, 2.24) is 14.5 Å². The third kappa shape index (κ3) is 3.21. The lowest BCUT2D eigenvalue weighted by molar-refractivity contribution is 0.627. The van der Waals surface area contributed by atoms with E-state index in [4.69, 9.17) is 5.73 Å². The fraction of sp³-hybridized carbons (Fsp3) is 0.167. The van der Waals surface area contributed by atoms with Crippen molar-refractivity contribution in [3.05, 3.63) is 75.1 Å². The predicted octanol–water partition coefficient (Wildman–Crippen LogP) is 2.56. The van der Waals surface area contributed by atoms with Crippen molar-refractivity contribution in [3.63, 3.8) is 0 Å². The summed E-state index contributed by atoms with van der Waals surface area (Å²) in [7, 11) is 0. The van der Waals surface area contributed by atoms with Crippen molar-refractivity contribution >= 4 is 12.0 Å². The molecule has 0 radical (unpaired) electrons. The molecule has 25 heavy (non-hydrogen) atoms. The van der Waals surface area contributed by atoms with Gasteiger partial charge < -0.3 is 5.73 Å². The van der Waals surface area contributed by atoms with Crippen LogP contribution in [0.1, 0.15) is 22.5 Å². The molecule has 0 bridgehead atoms. The average Bonchev–Trinajstić information content (AvgIpc) is 2.82. The maximum atomic E-state index is 13.1. The Morgan fingerprint density at radius 3 is 2.48 bits per heavy atom. The number of anilines is 1. The van der Waals surface area contributed by atoms with Crippen molar-refractivity contribution in [2.45, 2.75) is 20.8 Å². The van der Waals surface area contributed by atoms with Gasteiger partial charge in [0.1, 0.15) is 11.6 Å². The number of hydrogen-bond donors (Lipinski definition) is 1. The van der Waals surface area contributed by atoms with Crippen molar-refractivity contribution in [2.24, 2.45) is 5.10 Å². The molecule has 1 aromatic carbocycles. The Hall–Kier alpha value is -3.22. The minimum atomic E-state index is -0.304. The van der Waals surface area contributed by atoms with E-state index in [0.29, 0.717) is 0 Å². The summed E-state index contributed by atoms with van der Waals surface area (Å²) < 4.78 is 16.0. The molecule has 0 atom stereocenters. The molecule has 0 saturated carbocycles. The molecule has 0 spiro atoms. The first-order valence-electron chi connectivity index (χ1n) is 7.72. The van der Waals surface area contributed by atoms with Crippen LogP contribution in [0.2, 0.25) is 0 Å². The van der Waals surface area contributed by atoms with Gasteiger partial charge in [-0.2, -0.15) is 14.9 Å². The summed E-state index contributed by atoms with van der Waals surface area (Å²) in [6.07, 6.45) is 1.56. The van der Waals surface area contributed by atoms with E-state index in [-0.39, 0.29) is 17.2 Å². The molecule has 0 unspecified atom stereocenters. The molecule has 0 fully saturated rings. The molecule has 3 aromatic rings. The van der Waals surface area contributed by atoms with Crippen LogP contribution >= 0.6 is 0 Å². The van der Waals surface area contributed by atoms with Crippen molar-refractivity contribution in [1.29, 1.82) is 0 Å². The zero-order valence-corrected chi connectivity index (χ0v) is 14.2. The molecule has 0 amide bonds. The molecular weight excluding hydrogens is 321 g/mol. The van der Waals surface area contributed by atoms with Crippen molar-refractivity contribution in [3.8, 4) is 5.69 Å². The van der Waals surface area contributed by atoms with Crippen LogP contribution in [0.4, 0.5) is 10.2 Å². The van der Waals surface area contributed by atoms with E-state index < -0.39 is 0 Å². The van der Waals surface area contributed by atoms with Crippen LogP contribution in [-0.2, 0) is 0 Å². The van der Waals surface area contributed by atoms with Gasteiger partial charge in [-0.05, 0) is 56.7 Å². The normalized spacial score (nSPS) is 11.4. The zero-order chi connectivity index (χ0) is 18.1. The molecule has 0 saturated heterocycles. The predicted molar refractivity (Wildman–Crippen MR) is 95.8 cm³/mol. The Balaban J connectivity index is 2.02. The van der Waals surface area contributed by atoms with Gasteiger partial charge >= 0.3 is 0 Å². The largest absolute Gasteiger partial charge is 0.384 e. The van der Waals surface area contributed by atoms with E-state index in [2.05, 4.69) is 10.2 Å². The lowest BCUT2D eigenvalue weighted by Gasteiger charge is -2.05. The highest BCUT2D eigenvalue weighted by molar-refractivity contribution is 5.82. The molecule has 3 rings (SSSR count). The van der Waals surface area contributed by atoms with E-state index in [0.717, 1.165) is 32.9 Å². The summed E-state index contributed by atoms with van der Waals surface area (Å²) in [6.45, 7) is 5.52. The number of aryl methyl sites for hydroxylation is 2. The molecule has 128 valence electrons. The molecule has 0 aliphatic rings. The Kier molecular flexibility index (Phi) is 4.22. The Morgan fingerprint density at radius 1 is 1.16 bits per heavy atom. The van der Waals surface area contributed by atoms with Gasteiger partial charge in [0.05, 0.1) is 23.3 Å². The van der Waals surface area contributed by atoms with Crippen LogP contribution in [0, 0.1) is 26.6 Å². The molecule has 2 N–H and O–H groups in total. The molecular formula is C18H18FN5O. The second kappa shape index (κ2) is 6.35. The molecule has 0 aliphatic heterocycles. The van der Waals surface area contributed by atoms with Gasteiger partial charge in [0.25, 0.3) is 5.56 Å². The molecule has 2 heterocycles. The van der Waals surface area contributed by atoms with Gasteiger partial charge in [0.2, 0.25) is 0 Å². The maximum absolute atomic E-state index is 13.1. The van der Waals surface area contributed by atoms with Crippen molar-refractivity contribution in [2.75, 3.05) is 5.73 Å². The molecule has 7 heteroatoms. The summed E-state index contributed by atoms with van der Waals surface area (Å²) in [5, 5.41) is 8.67. The highest BCUT2D eigenvalue weighted by atomic mass is 19.1. The van der Waals surface area contributed by atoms with Gasteiger partial charge in [0.15, 0.2) is 0 Å². The monoisotopic (exact) mass is 339 g/mol. The quantitative estimate of drug-likeness (QED) is 0.745. The number of hydrogen-bond acceptors (Lipinski definition) is 4. The van der Waals surface area contributed by atoms with Gasteiger partial charge in [-0.1, -0.05) is 0 Å². The van der Waals surface area contributed by atoms with Gasteiger partial charge in [-0.3, -0.25) is 4.79 Å². The maximum Gasteiger partial charge on any atom is 0.273 e. The molecule has 0 aliphatic carbocycles. The fourth-order valence-corrected chi connectivity index (χ4v) is 2.63. The minimum absolute atomic E-state index is 0.266. The van der Waals surface area contributed by atoms with Crippen LogP contribution in [-0.4, -0.2) is 20.7 Å². The molecule has 6 nitrogen and oxygen atoms in total. The summed E-state index contributed by atoms with van der Waals surface area (Å²) in [6, 6.07) is 9.21. The highest BCUT2D eigenvalue weighted by Crippen LogP contribution is 2.17. The van der Waals surface area contributed by atoms with Crippen LogP contribution in [0.3, 0.4) is 0 Å². The third-order valence-electron chi connectivity index (χ3n) is 3.90. The first-order valence-corrected chi connectivity index (χ1v) is 7.72. The average molecular weight is 339 g/mol. The van der Waals surface area contributed by atoms with Crippen molar-refractivity contribution < 1.29 is 4.39 Å². The number of nitrogen functional groups attached to an aromatic ring is 1. The first-order chi connectivity index (χ1) is 11.9. The zero-order valence-electron chi connectivity index (χ0n) is 14.2. The standard InChI is InChI=1S/C18H18FN5O/c1-11-8-17(20)24(18(25)9-11)21-10-16-12(2)22-23(13(16)3)15-6-4-14(19)5-7-15/h4-10H,20H2,1-3H3/b21-10-. The van der Waals surface area contributed by atoms with Crippen LogP contribution in [0.15, 0.2) is 46.3 Å². The number of aromatic nitrogens is 3. The van der Waals surface area contributed by atoms with Crippen LogP contribution in [0.5, 0.6) is 0 Å². The SMILES string of the molecule is Cc1cc(N)n(/N=C\c2c(C)nn(-c3ccc(F)cc3)c2C)c(=O)c1. The summed E-state index contributed by atoms with van der Waals surface area (Å²) in [4.78, 5) is 12.0. The number of rotatable bonds is 3. The summed E-state index contributed by atoms with van der Waals surface area (Å²) >= 11 is 0.